The van der Waals surface area contributed by atoms with E-state index in [-0.39, 0.29) is 5.91 Å². The Balaban J connectivity index is 2.11. The Bertz CT molecular complexity index is 642. The van der Waals surface area contributed by atoms with Gasteiger partial charge < -0.3 is 10.6 Å². The van der Waals surface area contributed by atoms with Gasteiger partial charge in [0.25, 0.3) is 5.91 Å². The molecule has 2 N–H and O–H groups in total. The first-order valence-electron chi connectivity index (χ1n) is 6.45. The van der Waals surface area contributed by atoms with Crippen molar-refractivity contribution < 1.29 is 4.79 Å². The highest BCUT2D eigenvalue weighted by Crippen LogP contribution is 2.29. The van der Waals surface area contributed by atoms with E-state index in [1.807, 2.05) is 19.9 Å². The van der Waals surface area contributed by atoms with Crippen LogP contribution in [0, 0.1) is 0 Å². The van der Waals surface area contributed by atoms with Crippen molar-refractivity contribution in [3.05, 3.63) is 52.3 Å². The molecule has 2 rings (SSSR count). The first kappa shape index (κ1) is 15.6. The Labute approximate surface area is 133 Å². The second kappa shape index (κ2) is 6.78. The summed E-state index contributed by atoms with van der Waals surface area (Å²) < 4.78 is 0. The molecular weight excluding hydrogens is 309 g/mol. The van der Waals surface area contributed by atoms with Crippen LogP contribution in [0.3, 0.4) is 0 Å². The van der Waals surface area contributed by atoms with Crippen LogP contribution >= 0.6 is 23.2 Å². The van der Waals surface area contributed by atoms with Gasteiger partial charge in [0, 0.05) is 6.04 Å². The summed E-state index contributed by atoms with van der Waals surface area (Å²) >= 11 is 11.9. The van der Waals surface area contributed by atoms with E-state index in [0.717, 1.165) is 5.69 Å². The quantitative estimate of drug-likeness (QED) is 0.873. The maximum Gasteiger partial charge on any atom is 0.274 e. The largest absolute Gasteiger partial charge is 0.382 e. The lowest BCUT2D eigenvalue weighted by Crippen LogP contribution is -2.15. The van der Waals surface area contributed by atoms with Crippen LogP contribution in [0.15, 0.2) is 36.5 Å². The van der Waals surface area contributed by atoms with Crippen molar-refractivity contribution in [1.82, 2.24) is 4.98 Å². The number of nitrogens with zero attached hydrogens (tertiary/aromatic N) is 1. The molecule has 0 radical (unpaired) electrons. The van der Waals surface area contributed by atoms with Crippen LogP contribution < -0.4 is 10.6 Å². The molecule has 1 aromatic carbocycles. The van der Waals surface area contributed by atoms with Gasteiger partial charge in [-0.15, -0.1) is 0 Å². The molecule has 110 valence electrons. The van der Waals surface area contributed by atoms with Gasteiger partial charge >= 0.3 is 0 Å². The fourth-order valence-electron chi connectivity index (χ4n) is 1.73. The van der Waals surface area contributed by atoms with E-state index in [2.05, 4.69) is 15.6 Å². The number of anilines is 2. The molecule has 0 aliphatic heterocycles. The summed E-state index contributed by atoms with van der Waals surface area (Å²) in [5, 5.41) is 6.59. The van der Waals surface area contributed by atoms with Crippen molar-refractivity contribution in [3.8, 4) is 0 Å². The molecule has 0 unspecified atom stereocenters. The molecule has 1 aromatic heterocycles. The van der Waals surface area contributed by atoms with Gasteiger partial charge in [-0.2, -0.15) is 0 Å². The summed E-state index contributed by atoms with van der Waals surface area (Å²) in [6.07, 6.45) is 1.62. The smallest absolute Gasteiger partial charge is 0.274 e. The zero-order valence-electron chi connectivity index (χ0n) is 11.7. The normalized spacial score (nSPS) is 10.5. The fraction of sp³-hybridized carbons (Fsp3) is 0.200. The molecule has 0 bridgehead atoms. The molecule has 0 spiro atoms. The summed E-state index contributed by atoms with van der Waals surface area (Å²) in [7, 11) is 0. The fourth-order valence-corrected chi connectivity index (χ4v) is 2.08. The lowest BCUT2D eigenvalue weighted by molar-refractivity contribution is 0.102. The molecular formula is C15H15Cl2N3O. The summed E-state index contributed by atoms with van der Waals surface area (Å²) in [5.74, 6) is -0.338. The number of benzene rings is 1. The highest BCUT2D eigenvalue weighted by atomic mass is 35.5. The van der Waals surface area contributed by atoms with Gasteiger partial charge in [0.2, 0.25) is 0 Å². The molecule has 1 heterocycles. The number of aromatic nitrogens is 1. The Morgan fingerprint density at radius 1 is 1.19 bits per heavy atom. The number of rotatable bonds is 4. The van der Waals surface area contributed by atoms with E-state index in [1.54, 1.807) is 30.5 Å². The number of carbonyl (C=O) groups is 1. The minimum absolute atomic E-state index is 0.303. The SMILES string of the molecule is CC(C)Nc1ccc(C(=O)Nc2cccc(Cl)c2Cl)nc1. The zero-order chi connectivity index (χ0) is 15.4. The summed E-state index contributed by atoms with van der Waals surface area (Å²) in [4.78, 5) is 16.2. The second-order valence-corrected chi connectivity index (χ2v) is 5.57. The second-order valence-electron chi connectivity index (χ2n) is 4.79. The number of amides is 1. The Morgan fingerprint density at radius 3 is 2.57 bits per heavy atom. The van der Waals surface area contributed by atoms with Crippen molar-refractivity contribution in [2.24, 2.45) is 0 Å². The molecule has 6 heteroatoms. The molecule has 0 saturated heterocycles. The van der Waals surface area contributed by atoms with E-state index < -0.39 is 0 Å². The van der Waals surface area contributed by atoms with E-state index in [4.69, 9.17) is 23.2 Å². The summed E-state index contributed by atoms with van der Waals surface area (Å²) in [6, 6.07) is 8.81. The first-order valence-corrected chi connectivity index (χ1v) is 7.21. The standard InChI is InChI=1S/C15H15Cl2N3O/c1-9(2)19-10-6-7-13(18-8-10)15(21)20-12-5-3-4-11(16)14(12)17/h3-9,19H,1-2H3,(H,20,21). The molecule has 0 saturated carbocycles. The van der Waals surface area contributed by atoms with Gasteiger partial charge in [0.15, 0.2) is 0 Å². The highest BCUT2D eigenvalue weighted by Gasteiger charge is 2.11. The molecule has 1 amide bonds. The Kier molecular flexibility index (Phi) is 5.04. The van der Waals surface area contributed by atoms with Crippen LogP contribution in [-0.2, 0) is 0 Å². The predicted octanol–water partition coefficient (Wildman–Crippen LogP) is 4.46. The molecule has 0 aliphatic rings. The van der Waals surface area contributed by atoms with Crippen LogP contribution in [0.1, 0.15) is 24.3 Å². The molecule has 0 aliphatic carbocycles. The van der Waals surface area contributed by atoms with Crippen molar-refractivity contribution in [2.75, 3.05) is 10.6 Å². The van der Waals surface area contributed by atoms with Gasteiger partial charge in [0.05, 0.1) is 27.6 Å². The minimum atomic E-state index is -0.338. The molecule has 21 heavy (non-hydrogen) atoms. The lowest BCUT2D eigenvalue weighted by Gasteiger charge is -2.10. The van der Waals surface area contributed by atoms with E-state index in [9.17, 15) is 4.79 Å². The average molecular weight is 324 g/mol. The predicted molar refractivity (Wildman–Crippen MR) is 87.4 cm³/mol. The molecule has 4 nitrogen and oxygen atoms in total. The summed E-state index contributed by atoms with van der Waals surface area (Å²) in [6.45, 7) is 4.06. The third-order valence-corrected chi connectivity index (χ3v) is 3.47. The van der Waals surface area contributed by atoms with Crippen molar-refractivity contribution in [1.29, 1.82) is 0 Å². The van der Waals surface area contributed by atoms with Gasteiger partial charge in [-0.05, 0) is 38.1 Å². The number of halogens is 2. The van der Waals surface area contributed by atoms with Crippen molar-refractivity contribution >= 4 is 40.5 Å². The van der Waals surface area contributed by atoms with Crippen LogP contribution in [0.2, 0.25) is 10.0 Å². The number of hydrogen-bond donors (Lipinski definition) is 2. The third kappa shape index (κ3) is 4.09. The molecule has 2 aromatic rings. The van der Waals surface area contributed by atoms with Crippen molar-refractivity contribution in [3.63, 3.8) is 0 Å². The first-order chi connectivity index (χ1) is 9.97. The summed E-state index contributed by atoms with van der Waals surface area (Å²) in [5.41, 5.74) is 1.63. The van der Waals surface area contributed by atoms with Crippen LogP contribution in [0.5, 0.6) is 0 Å². The molecule has 0 atom stereocenters. The number of nitrogens with one attached hydrogen (secondary N) is 2. The minimum Gasteiger partial charge on any atom is -0.382 e. The van der Waals surface area contributed by atoms with Crippen molar-refractivity contribution in [2.45, 2.75) is 19.9 Å². The zero-order valence-corrected chi connectivity index (χ0v) is 13.2. The number of carbonyl (C=O) groups excluding carboxylic acids is 1. The highest BCUT2D eigenvalue weighted by molar-refractivity contribution is 6.44. The Morgan fingerprint density at radius 2 is 1.95 bits per heavy atom. The van der Waals surface area contributed by atoms with E-state index in [0.29, 0.717) is 27.5 Å². The molecule has 0 fully saturated rings. The van der Waals surface area contributed by atoms with Crippen LogP contribution in [-0.4, -0.2) is 16.9 Å². The van der Waals surface area contributed by atoms with Gasteiger partial charge in [0.1, 0.15) is 5.69 Å². The van der Waals surface area contributed by atoms with E-state index in [1.165, 1.54) is 0 Å². The number of hydrogen-bond acceptors (Lipinski definition) is 3. The Hall–Kier alpha value is -1.78. The average Bonchev–Trinajstić information content (AvgIpc) is 2.44. The van der Waals surface area contributed by atoms with Crippen LogP contribution in [0.25, 0.3) is 0 Å². The van der Waals surface area contributed by atoms with Gasteiger partial charge in [-0.1, -0.05) is 29.3 Å². The maximum atomic E-state index is 12.1. The monoisotopic (exact) mass is 323 g/mol. The van der Waals surface area contributed by atoms with E-state index >= 15 is 0 Å². The third-order valence-electron chi connectivity index (χ3n) is 2.65. The van der Waals surface area contributed by atoms with Gasteiger partial charge in [-0.3, -0.25) is 4.79 Å². The number of pyridine rings is 1. The maximum absolute atomic E-state index is 12.1. The lowest BCUT2D eigenvalue weighted by atomic mass is 10.2. The topological polar surface area (TPSA) is 54.0 Å². The van der Waals surface area contributed by atoms with Gasteiger partial charge in [-0.25, -0.2) is 4.98 Å². The van der Waals surface area contributed by atoms with Crippen LogP contribution in [0.4, 0.5) is 11.4 Å².